The van der Waals surface area contributed by atoms with Crippen LogP contribution in [0.2, 0.25) is 0 Å². The maximum absolute atomic E-state index is 11.9. The molecule has 1 unspecified atom stereocenters. The summed E-state index contributed by atoms with van der Waals surface area (Å²) in [6, 6.07) is 4.54. The molecule has 0 bridgehead atoms. The number of ether oxygens (including phenoxy) is 1. The molecule has 5 nitrogen and oxygen atoms in total. The number of anilines is 1. The van der Waals surface area contributed by atoms with Gasteiger partial charge >= 0.3 is 0 Å². The largest absolute Gasteiger partial charge is 0.497 e. The summed E-state index contributed by atoms with van der Waals surface area (Å²) in [6.45, 7) is 5.29. The predicted octanol–water partition coefficient (Wildman–Crippen LogP) is 2.26. The van der Waals surface area contributed by atoms with Gasteiger partial charge in [0.25, 0.3) is 0 Å². The number of carbonyl (C=O) groups excluding carboxylic acids is 1. The normalized spacial score (nSPS) is 12.9. The third-order valence-electron chi connectivity index (χ3n) is 2.30. The van der Waals surface area contributed by atoms with E-state index in [1.165, 1.54) is 19.2 Å². The number of nitrogens with one attached hydrogen (secondary N) is 1. The molecule has 0 heterocycles. The minimum absolute atomic E-state index is 0.147. The van der Waals surface area contributed by atoms with Crippen molar-refractivity contribution in [2.24, 2.45) is 5.41 Å². The van der Waals surface area contributed by atoms with Crippen LogP contribution in [-0.4, -0.2) is 21.8 Å². The molecule has 1 aromatic rings. The van der Waals surface area contributed by atoms with Crippen LogP contribution >= 0.6 is 0 Å². The van der Waals surface area contributed by atoms with Crippen molar-refractivity contribution < 1.29 is 18.3 Å². The number of methoxy groups -OCH3 is 1. The first-order valence-corrected chi connectivity index (χ1v) is 6.46. The van der Waals surface area contributed by atoms with Crippen LogP contribution in [0.15, 0.2) is 23.1 Å². The number of hydrogen-bond acceptors (Lipinski definition) is 3. The topological polar surface area (TPSA) is 75.6 Å². The summed E-state index contributed by atoms with van der Waals surface area (Å²) >= 11 is -2.16. The van der Waals surface area contributed by atoms with E-state index in [9.17, 15) is 9.00 Å². The molecule has 6 heteroatoms. The monoisotopic (exact) mass is 271 g/mol. The molecule has 1 amide bonds. The van der Waals surface area contributed by atoms with Gasteiger partial charge in [0, 0.05) is 11.5 Å². The zero-order chi connectivity index (χ0) is 13.9. The summed E-state index contributed by atoms with van der Waals surface area (Å²) in [5.74, 6) is 0.274. The highest BCUT2D eigenvalue weighted by molar-refractivity contribution is 7.79. The highest BCUT2D eigenvalue weighted by Crippen LogP contribution is 2.26. The van der Waals surface area contributed by atoms with E-state index in [1.54, 1.807) is 26.8 Å². The summed E-state index contributed by atoms with van der Waals surface area (Å²) in [4.78, 5) is 12.0. The Kier molecular flexibility index (Phi) is 4.48. The molecule has 0 saturated carbocycles. The first kappa shape index (κ1) is 14.7. The van der Waals surface area contributed by atoms with E-state index in [-0.39, 0.29) is 16.5 Å². The van der Waals surface area contributed by atoms with E-state index in [0.717, 1.165) is 0 Å². The Balaban J connectivity index is 3.12. The second kappa shape index (κ2) is 5.49. The second-order valence-electron chi connectivity index (χ2n) is 4.82. The van der Waals surface area contributed by atoms with Gasteiger partial charge in [-0.3, -0.25) is 4.79 Å². The van der Waals surface area contributed by atoms with Crippen LogP contribution in [0.25, 0.3) is 0 Å². The molecule has 2 N–H and O–H groups in total. The second-order valence-corrected chi connectivity index (χ2v) is 5.75. The fraction of sp³-hybridized carbons (Fsp3) is 0.417. The average Bonchev–Trinajstić information content (AvgIpc) is 2.27. The van der Waals surface area contributed by atoms with Gasteiger partial charge in [-0.05, 0) is 12.1 Å². The lowest BCUT2D eigenvalue weighted by molar-refractivity contribution is -0.123. The first-order valence-electron chi connectivity index (χ1n) is 5.36. The third kappa shape index (κ3) is 3.54. The van der Waals surface area contributed by atoms with Gasteiger partial charge in [-0.2, -0.15) is 0 Å². The van der Waals surface area contributed by atoms with E-state index >= 15 is 0 Å². The Labute approximate surface area is 109 Å². The molecule has 0 aliphatic rings. The lowest BCUT2D eigenvalue weighted by Crippen LogP contribution is -2.28. The summed E-state index contributed by atoms with van der Waals surface area (Å²) in [7, 11) is 1.49. The third-order valence-corrected chi connectivity index (χ3v) is 3.04. The molecule has 0 radical (unpaired) electrons. The number of rotatable bonds is 3. The summed E-state index contributed by atoms with van der Waals surface area (Å²) in [5, 5.41) is 2.63. The van der Waals surface area contributed by atoms with Gasteiger partial charge in [0.1, 0.15) is 5.75 Å². The fourth-order valence-corrected chi connectivity index (χ4v) is 1.68. The van der Waals surface area contributed by atoms with Crippen LogP contribution in [0.4, 0.5) is 5.69 Å². The lowest BCUT2D eigenvalue weighted by atomic mass is 9.95. The molecule has 18 heavy (non-hydrogen) atoms. The zero-order valence-electron chi connectivity index (χ0n) is 10.8. The van der Waals surface area contributed by atoms with Gasteiger partial charge in [0.05, 0.1) is 17.7 Å². The molecule has 0 spiro atoms. The average molecular weight is 271 g/mol. The number of hydrogen-bond donors (Lipinski definition) is 2. The Hall–Kier alpha value is -1.40. The van der Waals surface area contributed by atoms with Crippen LogP contribution in [0.5, 0.6) is 5.75 Å². The fourth-order valence-electron chi connectivity index (χ4n) is 1.20. The minimum atomic E-state index is -2.16. The highest BCUT2D eigenvalue weighted by atomic mass is 32.2. The van der Waals surface area contributed by atoms with Crippen molar-refractivity contribution in [3.05, 3.63) is 18.2 Å². The zero-order valence-corrected chi connectivity index (χ0v) is 11.6. The van der Waals surface area contributed by atoms with Gasteiger partial charge in [-0.1, -0.05) is 20.8 Å². The summed E-state index contributed by atoms with van der Waals surface area (Å²) in [5.41, 5.74) is -0.299. The minimum Gasteiger partial charge on any atom is -0.497 e. The van der Waals surface area contributed by atoms with Crippen molar-refractivity contribution in [1.29, 1.82) is 0 Å². The SMILES string of the molecule is COc1ccc(S(=O)O)c(NC(=O)C(C)(C)C)c1. The molecule has 0 saturated heterocycles. The molecule has 0 aliphatic heterocycles. The summed E-state index contributed by atoms with van der Waals surface area (Å²) in [6.07, 6.45) is 0. The first-order chi connectivity index (χ1) is 8.25. The van der Waals surface area contributed by atoms with Crippen LogP contribution in [-0.2, 0) is 15.9 Å². The molecule has 1 aromatic carbocycles. The van der Waals surface area contributed by atoms with Crippen LogP contribution < -0.4 is 10.1 Å². The Morgan fingerprint density at radius 2 is 2.00 bits per heavy atom. The number of benzene rings is 1. The Bertz CT molecular complexity index is 479. The smallest absolute Gasteiger partial charge is 0.229 e. The number of carbonyl (C=O) groups is 1. The quantitative estimate of drug-likeness (QED) is 0.827. The van der Waals surface area contributed by atoms with E-state index in [0.29, 0.717) is 5.75 Å². The molecular weight excluding hydrogens is 254 g/mol. The van der Waals surface area contributed by atoms with Crippen LogP contribution in [0, 0.1) is 5.41 Å². The molecule has 1 atom stereocenters. The predicted molar refractivity (Wildman–Crippen MR) is 70.1 cm³/mol. The van der Waals surface area contributed by atoms with E-state index in [4.69, 9.17) is 9.29 Å². The van der Waals surface area contributed by atoms with Gasteiger partial charge < -0.3 is 14.6 Å². The molecule has 1 rings (SSSR count). The van der Waals surface area contributed by atoms with Crippen molar-refractivity contribution in [3.63, 3.8) is 0 Å². The van der Waals surface area contributed by atoms with E-state index < -0.39 is 16.5 Å². The van der Waals surface area contributed by atoms with Gasteiger partial charge in [0.15, 0.2) is 11.1 Å². The van der Waals surface area contributed by atoms with Crippen molar-refractivity contribution >= 4 is 22.7 Å². The molecule has 100 valence electrons. The molecule has 0 aromatic heterocycles. The van der Waals surface area contributed by atoms with Crippen molar-refractivity contribution in [2.75, 3.05) is 12.4 Å². The lowest BCUT2D eigenvalue weighted by Gasteiger charge is -2.19. The van der Waals surface area contributed by atoms with Gasteiger partial charge in [-0.25, -0.2) is 4.21 Å². The van der Waals surface area contributed by atoms with Gasteiger partial charge in [-0.15, -0.1) is 0 Å². The maximum Gasteiger partial charge on any atom is 0.229 e. The van der Waals surface area contributed by atoms with Crippen LogP contribution in [0.1, 0.15) is 20.8 Å². The molecular formula is C12H17NO4S. The van der Waals surface area contributed by atoms with E-state index in [2.05, 4.69) is 5.32 Å². The van der Waals surface area contributed by atoms with Crippen LogP contribution in [0.3, 0.4) is 0 Å². The molecule has 0 fully saturated rings. The Morgan fingerprint density at radius 3 is 2.44 bits per heavy atom. The van der Waals surface area contributed by atoms with Gasteiger partial charge in [0.2, 0.25) is 5.91 Å². The van der Waals surface area contributed by atoms with Crippen molar-refractivity contribution in [3.8, 4) is 5.75 Å². The Morgan fingerprint density at radius 1 is 1.39 bits per heavy atom. The highest BCUT2D eigenvalue weighted by Gasteiger charge is 2.23. The van der Waals surface area contributed by atoms with E-state index in [1.807, 2.05) is 0 Å². The molecule has 0 aliphatic carbocycles. The maximum atomic E-state index is 11.9. The van der Waals surface area contributed by atoms with Crippen molar-refractivity contribution in [2.45, 2.75) is 25.7 Å². The number of amides is 1. The standard InChI is InChI=1S/C12H17NO4S/c1-12(2,3)11(14)13-9-7-8(17-4)5-6-10(9)18(15)16/h5-7H,1-4H3,(H,13,14)(H,15,16). The van der Waals surface area contributed by atoms with Crippen molar-refractivity contribution in [1.82, 2.24) is 0 Å². The summed E-state index contributed by atoms with van der Waals surface area (Å²) < 4.78 is 25.4.